The van der Waals surface area contributed by atoms with Crippen molar-refractivity contribution in [2.24, 2.45) is 0 Å². The summed E-state index contributed by atoms with van der Waals surface area (Å²) in [6, 6.07) is 3.83. The predicted molar refractivity (Wildman–Crippen MR) is 73.4 cm³/mol. The maximum Gasteiger partial charge on any atom is 0.241 e. The quantitative estimate of drug-likeness (QED) is 0.559. The third-order valence-corrected chi connectivity index (χ3v) is 2.91. The van der Waals surface area contributed by atoms with Crippen LogP contribution in [0.5, 0.6) is 0 Å². The number of rotatable bonds is 3. The summed E-state index contributed by atoms with van der Waals surface area (Å²) in [5.41, 5.74) is 0. The summed E-state index contributed by atoms with van der Waals surface area (Å²) in [6.07, 6.45) is 14.0. The molecule has 0 aliphatic rings. The van der Waals surface area contributed by atoms with Gasteiger partial charge in [-0.15, -0.1) is 0 Å². The van der Waals surface area contributed by atoms with Crippen molar-refractivity contribution in [3.63, 3.8) is 0 Å². The lowest BCUT2D eigenvalue weighted by molar-refractivity contribution is 0.798. The van der Waals surface area contributed by atoms with E-state index in [4.69, 9.17) is 0 Å². The van der Waals surface area contributed by atoms with E-state index >= 15 is 0 Å². The Labute approximate surface area is 119 Å². The Balaban J connectivity index is 1.92. The number of nitrogens with zero attached hydrogens (tertiary/aromatic N) is 8. The Morgan fingerprint density at radius 2 is 1.05 bits per heavy atom. The molecule has 0 N–H and O–H groups in total. The molecule has 8 heteroatoms. The van der Waals surface area contributed by atoms with Crippen molar-refractivity contribution in [2.45, 2.75) is 0 Å². The Hall–Kier alpha value is -3.29. The highest BCUT2D eigenvalue weighted by molar-refractivity contribution is 5.27. The zero-order chi connectivity index (χ0) is 14.1. The molecule has 4 aromatic rings. The topological polar surface area (TPSA) is 79.2 Å². The van der Waals surface area contributed by atoms with Gasteiger partial charge in [-0.2, -0.15) is 15.0 Å². The molecule has 0 fully saturated rings. The molecular formula is C13H10N8. The standard InChI is InChI=1S/C13H10N8/c1-2-6-19(5-1)11-16-12(20-7-3-14-9-20)18-13(17-11)21-8-4-15-10-21/h1-10H. The zero-order valence-corrected chi connectivity index (χ0v) is 10.9. The first-order valence-electron chi connectivity index (χ1n) is 6.26. The molecule has 0 bridgehead atoms. The van der Waals surface area contributed by atoms with E-state index in [2.05, 4.69) is 24.9 Å². The first kappa shape index (κ1) is 11.5. The molecule has 0 aromatic carbocycles. The van der Waals surface area contributed by atoms with E-state index in [1.54, 1.807) is 46.6 Å². The van der Waals surface area contributed by atoms with Crippen molar-refractivity contribution in [3.8, 4) is 17.8 Å². The van der Waals surface area contributed by atoms with E-state index < -0.39 is 0 Å². The molecule has 21 heavy (non-hydrogen) atoms. The van der Waals surface area contributed by atoms with Crippen LogP contribution in [-0.4, -0.2) is 38.6 Å². The summed E-state index contributed by atoms with van der Waals surface area (Å²) in [4.78, 5) is 21.4. The second kappa shape index (κ2) is 4.67. The second-order valence-electron chi connectivity index (χ2n) is 4.27. The van der Waals surface area contributed by atoms with Crippen LogP contribution in [0.4, 0.5) is 0 Å². The molecule has 0 spiro atoms. The van der Waals surface area contributed by atoms with Gasteiger partial charge >= 0.3 is 0 Å². The summed E-state index contributed by atoms with van der Waals surface area (Å²) < 4.78 is 5.28. The van der Waals surface area contributed by atoms with Crippen LogP contribution in [0.15, 0.2) is 62.0 Å². The predicted octanol–water partition coefficient (Wildman–Crippen LogP) is 1.03. The Morgan fingerprint density at radius 3 is 1.48 bits per heavy atom. The molecule has 0 aliphatic heterocycles. The number of hydrogen-bond acceptors (Lipinski definition) is 5. The summed E-state index contributed by atoms with van der Waals surface area (Å²) in [7, 11) is 0. The van der Waals surface area contributed by atoms with Crippen molar-refractivity contribution < 1.29 is 0 Å². The smallest absolute Gasteiger partial charge is 0.241 e. The highest BCUT2D eigenvalue weighted by Crippen LogP contribution is 2.09. The van der Waals surface area contributed by atoms with E-state index in [0.717, 1.165) is 0 Å². The molecule has 0 unspecified atom stereocenters. The largest absolute Gasteiger partial charge is 0.293 e. The molecule has 0 amide bonds. The van der Waals surface area contributed by atoms with Gasteiger partial charge in [-0.05, 0) is 12.1 Å². The lowest BCUT2D eigenvalue weighted by atomic mass is 10.7. The Morgan fingerprint density at radius 1 is 0.571 bits per heavy atom. The SMILES string of the molecule is c1ccn(-c2nc(-n3ccnc3)nc(-n3ccnc3)n2)c1. The summed E-state index contributed by atoms with van der Waals surface area (Å²) in [5, 5.41) is 0. The molecule has 0 atom stereocenters. The van der Waals surface area contributed by atoms with Crippen LogP contribution in [0.2, 0.25) is 0 Å². The average molecular weight is 278 g/mol. The number of hydrogen-bond donors (Lipinski definition) is 0. The first-order valence-corrected chi connectivity index (χ1v) is 6.26. The molecule has 4 rings (SSSR count). The van der Waals surface area contributed by atoms with Crippen molar-refractivity contribution in [3.05, 3.63) is 62.0 Å². The van der Waals surface area contributed by atoms with E-state index in [0.29, 0.717) is 17.8 Å². The highest BCUT2D eigenvalue weighted by atomic mass is 15.3. The van der Waals surface area contributed by atoms with Crippen LogP contribution in [0.3, 0.4) is 0 Å². The zero-order valence-electron chi connectivity index (χ0n) is 10.9. The molecule has 4 heterocycles. The van der Waals surface area contributed by atoms with E-state index in [9.17, 15) is 0 Å². The third kappa shape index (κ3) is 2.08. The molecule has 4 aromatic heterocycles. The van der Waals surface area contributed by atoms with Gasteiger partial charge in [-0.3, -0.25) is 13.7 Å². The van der Waals surface area contributed by atoms with Gasteiger partial charge < -0.3 is 0 Å². The highest BCUT2D eigenvalue weighted by Gasteiger charge is 2.10. The van der Waals surface area contributed by atoms with Gasteiger partial charge in [-0.1, -0.05) is 0 Å². The van der Waals surface area contributed by atoms with Crippen LogP contribution in [0.25, 0.3) is 17.8 Å². The molecular weight excluding hydrogens is 268 g/mol. The van der Waals surface area contributed by atoms with Crippen molar-refractivity contribution in [2.75, 3.05) is 0 Å². The fourth-order valence-electron chi connectivity index (χ4n) is 1.91. The lowest BCUT2D eigenvalue weighted by Crippen LogP contribution is -2.11. The minimum absolute atomic E-state index is 0.495. The fraction of sp³-hybridized carbons (Fsp3) is 0. The van der Waals surface area contributed by atoms with Gasteiger partial charge in [-0.25, -0.2) is 9.97 Å². The molecule has 0 saturated heterocycles. The average Bonchev–Trinajstić information content (AvgIpc) is 3.29. The first-order chi connectivity index (χ1) is 10.4. The second-order valence-corrected chi connectivity index (χ2v) is 4.27. The van der Waals surface area contributed by atoms with Gasteiger partial charge in [0.1, 0.15) is 12.7 Å². The Bertz CT molecular complexity index is 703. The van der Waals surface area contributed by atoms with Gasteiger partial charge in [0.05, 0.1) is 0 Å². The van der Waals surface area contributed by atoms with Gasteiger partial charge in [0.25, 0.3) is 0 Å². The van der Waals surface area contributed by atoms with Crippen LogP contribution >= 0.6 is 0 Å². The van der Waals surface area contributed by atoms with Crippen LogP contribution in [-0.2, 0) is 0 Å². The maximum absolute atomic E-state index is 4.46. The van der Waals surface area contributed by atoms with Crippen molar-refractivity contribution in [1.82, 2.24) is 38.6 Å². The molecule has 102 valence electrons. The minimum Gasteiger partial charge on any atom is -0.293 e. The minimum atomic E-state index is 0.495. The molecule has 8 nitrogen and oxygen atoms in total. The maximum atomic E-state index is 4.46. The van der Waals surface area contributed by atoms with Gasteiger partial charge in [0, 0.05) is 37.2 Å². The molecule has 0 aliphatic carbocycles. The van der Waals surface area contributed by atoms with Gasteiger partial charge in [0.2, 0.25) is 17.8 Å². The van der Waals surface area contributed by atoms with E-state index in [-0.39, 0.29) is 0 Å². The monoisotopic (exact) mass is 278 g/mol. The summed E-state index contributed by atoms with van der Waals surface area (Å²) >= 11 is 0. The van der Waals surface area contributed by atoms with Crippen LogP contribution < -0.4 is 0 Å². The molecule has 0 saturated carbocycles. The Kier molecular flexibility index (Phi) is 2.57. The van der Waals surface area contributed by atoms with Gasteiger partial charge in [0.15, 0.2) is 0 Å². The van der Waals surface area contributed by atoms with Crippen LogP contribution in [0, 0.1) is 0 Å². The summed E-state index contributed by atoms with van der Waals surface area (Å²) in [5.74, 6) is 1.52. The van der Waals surface area contributed by atoms with Crippen molar-refractivity contribution in [1.29, 1.82) is 0 Å². The van der Waals surface area contributed by atoms with Crippen LogP contribution in [0.1, 0.15) is 0 Å². The normalized spacial score (nSPS) is 10.9. The van der Waals surface area contributed by atoms with E-state index in [1.807, 2.05) is 29.1 Å². The lowest BCUT2D eigenvalue weighted by Gasteiger charge is -2.08. The summed E-state index contributed by atoms with van der Waals surface area (Å²) in [6.45, 7) is 0. The number of aromatic nitrogens is 8. The molecule has 0 radical (unpaired) electrons. The number of imidazole rings is 2. The van der Waals surface area contributed by atoms with Crippen molar-refractivity contribution >= 4 is 0 Å². The fourth-order valence-corrected chi connectivity index (χ4v) is 1.91. The third-order valence-electron chi connectivity index (χ3n) is 2.91. The van der Waals surface area contributed by atoms with E-state index in [1.165, 1.54) is 0 Å².